The van der Waals surface area contributed by atoms with Crippen LogP contribution in [0.3, 0.4) is 0 Å². The highest BCUT2D eigenvalue weighted by Gasteiger charge is 2.31. The van der Waals surface area contributed by atoms with Gasteiger partial charge < -0.3 is 10.0 Å². The van der Waals surface area contributed by atoms with Crippen LogP contribution >= 0.6 is 0 Å². The lowest BCUT2D eigenvalue weighted by Crippen LogP contribution is -2.31. The van der Waals surface area contributed by atoms with Gasteiger partial charge in [0.2, 0.25) is 0 Å². The van der Waals surface area contributed by atoms with Gasteiger partial charge >= 0.3 is 0 Å². The highest BCUT2D eigenvalue weighted by molar-refractivity contribution is 5.94. The molecule has 0 spiro atoms. The third-order valence-corrected chi connectivity index (χ3v) is 7.02. The minimum Gasteiger partial charge on any atom is -0.388 e. The van der Waals surface area contributed by atoms with Crippen molar-refractivity contribution in [2.24, 2.45) is 11.8 Å². The number of nitrogens with one attached hydrogen (secondary N) is 1. The number of hydrogen-bond acceptors (Lipinski definition) is 4. The lowest BCUT2D eigenvalue weighted by Gasteiger charge is -2.26. The van der Waals surface area contributed by atoms with Crippen molar-refractivity contribution in [3.8, 4) is 0 Å². The fraction of sp³-hybridized carbons (Fsp3) is 0.444. The summed E-state index contributed by atoms with van der Waals surface area (Å²) < 4.78 is 0. The Labute approximate surface area is 196 Å². The van der Waals surface area contributed by atoms with Crippen molar-refractivity contribution in [2.45, 2.75) is 58.1 Å². The van der Waals surface area contributed by atoms with E-state index in [4.69, 9.17) is 0 Å². The largest absolute Gasteiger partial charge is 0.388 e. The minimum absolute atomic E-state index is 0.00887. The number of carbonyl (C=O) groups is 1. The molecule has 1 aliphatic rings. The molecule has 2 aromatic heterocycles. The van der Waals surface area contributed by atoms with Crippen LogP contribution in [0.15, 0.2) is 54.9 Å². The van der Waals surface area contributed by atoms with Gasteiger partial charge in [-0.1, -0.05) is 25.1 Å². The summed E-state index contributed by atoms with van der Waals surface area (Å²) in [7, 11) is 1.85. The molecule has 1 saturated carbocycles. The molecule has 1 aliphatic carbocycles. The zero-order chi connectivity index (χ0) is 23.4. The molecular weight excluding hydrogens is 412 g/mol. The lowest BCUT2D eigenvalue weighted by atomic mass is 9.92. The molecule has 0 aliphatic heterocycles. The predicted molar refractivity (Wildman–Crippen MR) is 129 cm³/mol. The number of rotatable bonds is 8. The van der Waals surface area contributed by atoms with Crippen LogP contribution in [-0.2, 0) is 6.42 Å². The topological polar surface area (TPSA) is 82.1 Å². The standard InChI is InChI=1S/C27H34N4O2/c1-4-25(24-14-18(2)29-30-24)31(3)27(33)21-10-7-19(8-11-21)15-20-9-12-22(16-20)26(32)23-6-5-13-28-17-23/h5-8,10-11,13-14,17,20,22,25-26,32H,4,9,12,15-16H2,1-3H3,(H,29,30)/t20?,22-,25?,26-/m0/s1. The van der Waals surface area contributed by atoms with Gasteiger partial charge in [-0.3, -0.25) is 14.9 Å². The van der Waals surface area contributed by atoms with Gasteiger partial charge in [-0.15, -0.1) is 0 Å². The van der Waals surface area contributed by atoms with Gasteiger partial charge in [0.1, 0.15) is 0 Å². The summed E-state index contributed by atoms with van der Waals surface area (Å²) >= 11 is 0. The average Bonchev–Trinajstić information content (AvgIpc) is 3.49. The Morgan fingerprint density at radius 1 is 1.24 bits per heavy atom. The summed E-state index contributed by atoms with van der Waals surface area (Å²) in [5.41, 5.74) is 4.74. The molecule has 1 amide bonds. The molecule has 2 unspecified atom stereocenters. The van der Waals surface area contributed by atoms with Gasteiger partial charge in [0.15, 0.2) is 0 Å². The average molecular weight is 447 g/mol. The van der Waals surface area contributed by atoms with Crippen molar-refractivity contribution < 1.29 is 9.90 Å². The van der Waals surface area contributed by atoms with Gasteiger partial charge in [-0.2, -0.15) is 5.10 Å². The first-order valence-electron chi connectivity index (χ1n) is 11.9. The van der Waals surface area contributed by atoms with E-state index < -0.39 is 6.10 Å². The van der Waals surface area contributed by atoms with E-state index in [1.54, 1.807) is 17.3 Å². The quantitative estimate of drug-likeness (QED) is 0.508. The molecule has 1 aromatic carbocycles. The summed E-state index contributed by atoms with van der Waals surface area (Å²) in [6.07, 6.45) is 8.01. The first-order valence-corrected chi connectivity index (χ1v) is 11.9. The number of hydrogen-bond donors (Lipinski definition) is 2. The van der Waals surface area contributed by atoms with E-state index >= 15 is 0 Å². The monoisotopic (exact) mass is 446 g/mol. The molecule has 6 nitrogen and oxygen atoms in total. The highest BCUT2D eigenvalue weighted by Crippen LogP contribution is 2.40. The third-order valence-electron chi connectivity index (χ3n) is 7.02. The first kappa shape index (κ1) is 23.2. The summed E-state index contributed by atoms with van der Waals surface area (Å²) in [5, 5.41) is 18.0. The Balaban J connectivity index is 1.35. The van der Waals surface area contributed by atoms with Crippen LogP contribution < -0.4 is 0 Å². The fourth-order valence-corrected chi connectivity index (χ4v) is 5.16. The fourth-order valence-electron chi connectivity index (χ4n) is 5.16. The number of aryl methyl sites for hydroxylation is 1. The second-order valence-corrected chi connectivity index (χ2v) is 9.39. The Bertz CT molecular complexity index is 1050. The van der Waals surface area contributed by atoms with Crippen LogP contribution in [0, 0.1) is 18.8 Å². The van der Waals surface area contributed by atoms with Crippen molar-refractivity contribution in [3.05, 3.63) is 82.9 Å². The van der Waals surface area contributed by atoms with Gasteiger partial charge in [0, 0.05) is 30.7 Å². The van der Waals surface area contributed by atoms with Crippen molar-refractivity contribution in [3.63, 3.8) is 0 Å². The van der Waals surface area contributed by atoms with Gasteiger partial charge in [-0.25, -0.2) is 0 Å². The van der Waals surface area contributed by atoms with E-state index in [0.29, 0.717) is 11.5 Å². The number of aliphatic hydroxyl groups excluding tert-OH is 1. The van der Waals surface area contributed by atoms with Crippen LogP contribution in [0.1, 0.15) is 77.6 Å². The van der Waals surface area contributed by atoms with E-state index in [9.17, 15) is 9.90 Å². The van der Waals surface area contributed by atoms with Crippen molar-refractivity contribution in [1.29, 1.82) is 0 Å². The van der Waals surface area contributed by atoms with E-state index in [0.717, 1.165) is 49.1 Å². The molecule has 3 aromatic rings. The van der Waals surface area contributed by atoms with Crippen LogP contribution in [0.5, 0.6) is 0 Å². The van der Waals surface area contributed by atoms with E-state index in [1.807, 2.05) is 44.3 Å². The van der Waals surface area contributed by atoms with Crippen molar-refractivity contribution >= 4 is 5.91 Å². The van der Waals surface area contributed by atoms with Crippen LogP contribution in [0.4, 0.5) is 0 Å². The number of pyridine rings is 1. The van der Waals surface area contributed by atoms with E-state index in [-0.39, 0.29) is 17.9 Å². The Morgan fingerprint density at radius 2 is 2.03 bits per heavy atom. The van der Waals surface area contributed by atoms with Crippen molar-refractivity contribution in [1.82, 2.24) is 20.1 Å². The highest BCUT2D eigenvalue weighted by atomic mass is 16.3. The zero-order valence-corrected chi connectivity index (χ0v) is 19.7. The number of aliphatic hydroxyl groups is 1. The maximum absolute atomic E-state index is 13.1. The Hall–Kier alpha value is -2.99. The molecule has 33 heavy (non-hydrogen) atoms. The normalized spacial score (nSPS) is 19.9. The molecular formula is C27H34N4O2. The van der Waals surface area contributed by atoms with Crippen LogP contribution in [-0.4, -0.2) is 38.1 Å². The van der Waals surface area contributed by atoms with Crippen LogP contribution in [0.2, 0.25) is 0 Å². The molecule has 4 rings (SSSR count). The molecule has 0 bridgehead atoms. The molecule has 174 valence electrons. The number of aromatic amines is 1. The molecule has 4 atom stereocenters. The van der Waals surface area contributed by atoms with Crippen LogP contribution in [0.25, 0.3) is 0 Å². The third kappa shape index (κ3) is 5.33. The molecule has 2 N–H and O–H groups in total. The summed E-state index contributed by atoms with van der Waals surface area (Å²) in [5.74, 6) is 0.845. The number of H-pyrrole nitrogens is 1. The number of carbonyl (C=O) groups excluding carboxylic acids is 1. The molecule has 6 heteroatoms. The maximum atomic E-state index is 13.1. The Kier molecular flexibility index (Phi) is 7.23. The number of aromatic nitrogens is 3. The van der Waals surface area contributed by atoms with Gasteiger partial charge in [0.25, 0.3) is 5.91 Å². The summed E-state index contributed by atoms with van der Waals surface area (Å²) in [4.78, 5) is 19.0. The number of benzene rings is 1. The van der Waals surface area contributed by atoms with Gasteiger partial charge in [-0.05, 0) is 86.3 Å². The van der Waals surface area contributed by atoms with Crippen molar-refractivity contribution in [2.75, 3.05) is 7.05 Å². The molecule has 2 heterocycles. The summed E-state index contributed by atoms with van der Waals surface area (Å²) in [6.45, 7) is 4.04. The smallest absolute Gasteiger partial charge is 0.254 e. The lowest BCUT2D eigenvalue weighted by molar-refractivity contribution is 0.0722. The minimum atomic E-state index is -0.441. The molecule has 1 fully saturated rings. The second kappa shape index (κ2) is 10.3. The molecule has 0 saturated heterocycles. The Morgan fingerprint density at radius 3 is 2.67 bits per heavy atom. The van der Waals surface area contributed by atoms with Gasteiger partial charge in [0.05, 0.1) is 17.8 Å². The zero-order valence-electron chi connectivity index (χ0n) is 19.7. The number of nitrogens with zero attached hydrogens (tertiary/aromatic N) is 3. The number of amides is 1. The van der Waals surface area contributed by atoms with E-state index in [2.05, 4.69) is 34.2 Å². The second-order valence-electron chi connectivity index (χ2n) is 9.39. The molecule has 0 radical (unpaired) electrons. The summed E-state index contributed by atoms with van der Waals surface area (Å²) in [6, 6.07) is 13.8. The first-order chi connectivity index (χ1) is 16.0. The SMILES string of the molecule is CCC(c1cc(C)[nH]n1)N(C)C(=O)c1ccc(CC2CC[C@H]([C@H](O)c3cccnc3)C2)cc1. The predicted octanol–water partition coefficient (Wildman–Crippen LogP) is 5.03. The maximum Gasteiger partial charge on any atom is 0.254 e. The van der Waals surface area contributed by atoms with E-state index in [1.165, 1.54) is 5.56 Å².